The van der Waals surface area contributed by atoms with Crippen molar-refractivity contribution in [1.29, 1.82) is 0 Å². The van der Waals surface area contributed by atoms with Gasteiger partial charge in [0.25, 0.3) is 5.91 Å². The molecule has 1 saturated heterocycles. The van der Waals surface area contributed by atoms with Gasteiger partial charge in [0.1, 0.15) is 10.1 Å². The van der Waals surface area contributed by atoms with Crippen LogP contribution in [0.25, 0.3) is 12.2 Å². The van der Waals surface area contributed by atoms with E-state index in [0.29, 0.717) is 39.4 Å². The van der Waals surface area contributed by atoms with Crippen molar-refractivity contribution in [3.05, 3.63) is 100.0 Å². The molecule has 0 N–H and O–H groups in total. The summed E-state index contributed by atoms with van der Waals surface area (Å²) in [7, 11) is 3.19. The van der Waals surface area contributed by atoms with Gasteiger partial charge in [0.2, 0.25) is 0 Å². The third kappa shape index (κ3) is 7.86. The van der Waals surface area contributed by atoms with E-state index in [9.17, 15) is 9.59 Å². The van der Waals surface area contributed by atoms with Crippen molar-refractivity contribution < 1.29 is 23.8 Å². The van der Waals surface area contributed by atoms with Gasteiger partial charge >= 0.3 is 5.97 Å². The van der Waals surface area contributed by atoms with E-state index in [1.165, 1.54) is 23.4 Å². The number of hydrogen-bond donors (Lipinski definition) is 0. The highest BCUT2D eigenvalue weighted by atomic mass is 32.2. The fourth-order valence-corrected chi connectivity index (χ4v) is 5.47. The molecule has 1 amide bonds. The molecular weight excluding hydrogens is 554 g/mol. The minimum Gasteiger partial charge on any atom is -0.493 e. The summed E-state index contributed by atoms with van der Waals surface area (Å²) in [4.78, 5) is 27.5. The first-order valence-corrected chi connectivity index (χ1v) is 14.4. The smallest absolute Gasteiger partial charge is 0.336 e. The van der Waals surface area contributed by atoms with Gasteiger partial charge in [-0.15, -0.1) is 0 Å². The summed E-state index contributed by atoms with van der Waals surface area (Å²) in [5, 5.41) is 0. The van der Waals surface area contributed by atoms with Gasteiger partial charge < -0.3 is 14.2 Å². The molecule has 4 rings (SSSR count). The van der Waals surface area contributed by atoms with Crippen molar-refractivity contribution in [1.82, 2.24) is 4.90 Å². The minimum absolute atomic E-state index is 0.0746. The number of carbonyl (C=O) groups excluding carboxylic acids is 2. The summed E-state index contributed by atoms with van der Waals surface area (Å²) in [6.07, 6.45) is 5.56. The lowest BCUT2D eigenvalue weighted by Gasteiger charge is -2.18. The van der Waals surface area contributed by atoms with Crippen molar-refractivity contribution in [2.45, 2.75) is 32.6 Å². The van der Waals surface area contributed by atoms with Gasteiger partial charge in [0.15, 0.2) is 11.5 Å². The highest BCUT2D eigenvalue weighted by molar-refractivity contribution is 8.26. The molecule has 0 unspecified atom stereocenters. The van der Waals surface area contributed by atoms with Gasteiger partial charge in [-0.3, -0.25) is 9.69 Å². The largest absolute Gasteiger partial charge is 0.493 e. The van der Waals surface area contributed by atoms with Crippen molar-refractivity contribution in [2.24, 2.45) is 0 Å². The van der Waals surface area contributed by atoms with Crippen LogP contribution in [0.1, 0.15) is 43.0 Å². The average Bonchev–Trinajstić information content (AvgIpc) is 3.22. The average molecular weight is 588 g/mol. The Balaban J connectivity index is 1.33. The second-order valence-electron chi connectivity index (χ2n) is 10.5. The van der Waals surface area contributed by atoms with Crippen LogP contribution in [0.5, 0.6) is 17.2 Å². The number of thioether (sulfide) groups is 1. The van der Waals surface area contributed by atoms with Gasteiger partial charge in [0, 0.05) is 12.6 Å². The van der Waals surface area contributed by atoms with E-state index in [0.717, 1.165) is 16.7 Å². The standard InChI is InChI=1S/C33H33NO5S2/c1-33(2,3)25-12-6-22(7-13-25)11-17-30(35)39-26-14-8-23(9-15-26)21-29-31(36)34(32(40)41-29)19-18-24-10-16-27(37-4)28(20-24)38-5/h6-17,20-21H,18-19H2,1-5H3. The Labute approximate surface area is 251 Å². The van der Waals surface area contributed by atoms with Crippen LogP contribution in [-0.2, 0) is 21.4 Å². The SMILES string of the molecule is COc1ccc(CCN2C(=O)C(=Cc3ccc(OC(=O)C=Cc4ccc(C(C)(C)C)cc4)cc3)SC2=S)cc1OC. The van der Waals surface area contributed by atoms with Crippen molar-refractivity contribution >= 4 is 52.3 Å². The van der Waals surface area contributed by atoms with Crippen LogP contribution < -0.4 is 14.2 Å². The predicted molar refractivity (Wildman–Crippen MR) is 169 cm³/mol. The third-order valence-corrected chi connectivity index (χ3v) is 7.91. The summed E-state index contributed by atoms with van der Waals surface area (Å²) in [5.74, 6) is 1.13. The molecule has 1 aliphatic rings. The quantitative estimate of drug-likeness (QED) is 0.115. The first-order chi connectivity index (χ1) is 19.6. The van der Waals surface area contributed by atoms with Crippen LogP contribution in [-0.4, -0.2) is 41.9 Å². The first-order valence-electron chi connectivity index (χ1n) is 13.1. The zero-order valence-corrected chi connectivity index (χ0v) is 25.4. The number of esters is 1. The van der Waals surface area contributed by atoms with Crippen LogP contribution in [0.2, 0.25) is 0 Å². The maximum Gasteiger partial charge on any atom is 0.336 e. The van der Waals surface area contributed by atoms with Gasteiger partial charge in [-0.05, 0) is 70.5 Å². The number of amides is 1. The number of thiocarbonyl (C=S) groups is 1. The fourth-order valence-electron chi connectivity index (χ4n) is 4.16. The molecule has 0 saturated carbocycles. The van der Waals surface area contributed by atoms with E-state index in [-0.39, 0.29) is 11.3 Å². The number of carbonyl (C=O) groups is 2. The number of benzene rings is 3. The lowest BCUT2D eigenvalue weighted by Crippen LogP contribution is -2.30. The molecule has 212 valence electrons. The maximum atomic E-state index is 13.1. The third-order valence-electron chi connectivity index (χ3n) is 6.53. The zero-order chi connectivity index (χ0) is 29.6. The molecular formula is C33H33NO5S2. The molecule has 41 heavy (non-hydrogen) atoms. The molecule has 0 atom stereocenters. The Morgan fingerprint density at radius 3 is 2.22 bits per heavy atom. The van der Waals surface area contributed by atoms with E-state index in [4.69, 9.17) is 26.4 Å². The Bertz CT molecular complexity index is 1490. The molecule has 0 spiro atoms. The number of rotatable bonds is 9. The first kappa shape index (κ1) is 30.1. The van der Waals surface area contributed by atoms with Crippen molar-refractivity contribution in [3.8, 4) is 17.2 Å². The lowest BCUT2D eigenvalue weighted by molar-refractivity contribution is -0.129. The topological polar surface area (TPSA) is 65.1 Å². The minimum atomic E-state index is -0.465. The van der Waals surface area contributed by atoms with Crippen LogP contribution in [0, 0.1) is 0 Å². The molecule has 0 aromatic heterocycles. The van der Waals surface area contributed by atoms with Crippen LogP contribution in [0.15, 0.2) is 77.7 Å². The van der Waals surface area contributed by atoms with Gasteiger partial charge in [-0.2, -0.15) is 0 Å². The molecule has 1 heterocycles. The van der Waals surface area contributed by atoms with Gasteiger partial charge in [-0.25, -0.2) is 4.79 Å². The highest BCUT2D eigenvalue weighted by Crippen LogP contribution is 2.33. The van der Waals surface area contributed by atoms with Crippen LogP contribution in [0.4, 0.5) is 0 Å². The molecule has 1 aliphatic heterocycles. The number of nitrogens with zero attached hydrogens (tertiary/aromatic N) is 1. The molecule has 0 radical (unpaired) electrons. The summed E-state index contributed by atoms with van der Waals surface area (Å²) in [5.41, 5.74) is 4.05. The maximum absolute atomic E-state index is 13.1. The highest BCUT2D eigenvalue weighted by Gasteiger charge is 2.31. The number of hydrogen-bond acceptors (Lipinski definition) is 7. The van der Waals surface area contributed by atoms with Crippen LogP contribution in [0.3, 0.4) is 0 Å². The Hall–Kier alpha value is -3.88. The van der Waals surface area contributed by atoms with E-state index in [1.807, 2.05) is 30.3 Å². The second kappa shape index (κ2) is 13.2. The summed E-state index contributed by atoms with van der Waals surface area (Å²) in [6, 6.07) is 20.8. The summed E-state index contributed by atoms with van der Waals surface area (Å²) in [6.45, 7) is 6.94. The fraction of sp³-hybridized carbons (Fsp3) is 0.242. The Morgan fingerprint density at radius 1 is 0.927 bits per heavy atom. The summed E-state index contributed by atoms with van der Waals surface area (Å²) < 4.78 is 16.6. The second-order valence-corrected chi connectivity index (χ2v) is 12.1. The van der Waals surface area contributed by atoms with E-state index >= 15 is 0 Å². The molecule has 0 aliphatic carbocycles. The number of ether oxygens (including phenoxy) is 3. The van der Waals surface area contributed by atoms with E-state index in [1.54, 1.807) is 55.5 Å². The van der Waals surface area contributed by atoms with Gasteiger partial charge in [0.05, 0.1) is 19.1 Å². The lowest BCUT2D eigenvalue weighted by atomic mass is 9.87. The van der Waals surface area contributed by atoms with E-state index in [2.05, 4.69) is 32.9 Å². The zero-order valence-electron chi connectivity index (χ0n) is 23.8. The van der Waals surface area contributed by atoms with E-state index < -0.39 is 5.97 Å². The van der Waals surface area contributed by atoms with Gasteiger partial charge in [-0.1, -0.05) is 87.2 Å². The molecule has 6 nitrogen and oxygen atoms in total. The molecule has 3 aromatic carbocycles. The predicted octanol–water partition coefficient (Wildman–Crippen LogP) is 7.06. The molecule has 8 heteroatoms. The Morgan fingerprint density at radius 2 is 1.59 bits per heavy atom. The van der Waals surface area contributed by atoms with Crippen molar-refractivity contribution in [3.63, 3.8) is 0 Å². The Kier molecular flexibility index (Phi) is 9.68. The monoisotopic (exact) mass is 587 g/mol. The molecule has 1 fully saturated rings. The van der Waals surface area contributed by atoms with Crippen molar-refractivity contribution in [2.75, 3.05) is 20.8 Å². The van der Waals surface area contributed by atoms with Crippen LogP contribution >= 0.6 is 24.0 Å². The summed E-state index contributed by atoms with van der Waals surface area (Å²) >= 11 is 6.76. The normalized spacial score (nSPS) is 14.7. The molecule has 0 bridgehead atoms. The molecule has 3 aromatic rings. The number of methoxy groups -OCH3 is 2.